The molecule has 2 heterocycles. The van der Waals surface area contributed by atoms with Crippen molar-refractivity contribution in [3.8, 4) is 0 Å². The van der Waals surface area contributed by atoms with Crippen LogP contribution in [0.15, 0.2) is 71.8 Å². The van der Waals surface area contributed by atoms with E-state index >= 15 is 0 Å². The van der Waals surface area contributed by atoms with E-state index in [0.29, 0.717) is 30.5 Å². The Labute approximate surface area is 155 Å². The Bertz CT molecular complexity index is 1120. The third-order valence-corrected chi connectivity index (χ3v) is 4.49. The molecule has 2 aromatic heterocycles. The normalized spacial score (nSPS) is 11.1. The van der Waals surface area contributed by atoms with Gasteiger partial charge in [-0.2, -0.15) is 5.10 Å². The number of halogens is 1. The van der Waals surface area contributed by atoms with Crippen LogP contribution in [-0.2, 0) is 19.6 Å². The number of hydrogen-bond donors (Lipinski definition) is 2. The average Bonchev–Trinajstić information content (AvgIpc) is 3.17. The SMILES string of the molecule is O=c1cc(CNCc2ccccc2Cn2cccn2)[nH]c2ccc(F)cc12. The summed E-state index contributed by atoms with van der Waals surface area (Å²) in [5.74, 6) is -0.410. The van der Waals surface area contributed by atoms with Gasteiger partial charge < -0.3 is 10.3 Å². The minimum absolute atomic E-state index is 0.181. The molecule has 0 amide bonds. The lowest BCUT2D eigenvalue weighted by Gasteiger charge is -2.11. The van der Waals surface area contributed by atoms with Crippen molar-refractivity contribution in [2.45, 2.75) is 19.6 Å². The van der Waals surface area contributed by atoms with Crippen molar-refractivity contribution >= 4 is 10.9 Å². The number of H-pyrrole nitrogens is 1. The quantitative estimate of drug-likeness (QED) is 0.554. The van der Waals surface area contributed by atoms with Crippen LogP contribution in [0.1, 0.15) is 16.8 Å². The van der Waals surface area contributed by atoms with Gasteiger partial charge in [0, 0.05) is 48.1 Å². The van der Waals surface area contributed by atoms with Gasteiger partial charge in [-0.05, 0) is 35.4 Å². The Morgan fingerprint density at radius 1 is 1.04 bits per heavy atom. The van der Waals surface area contributed by atoms with Gasteiger partial charge in [-0.3, -0.25) is 9.48 Å². The van der Waals surface area contributed by atoms with Gasteiger partial charge in [0.05, 0.1) is 6.54 Å². The number of nitrogens with one attached hydrogen (secondary N) is 2. The van der Waals surface area contributed by atoms with Crippen LogP contribution in [0.3, 0.4) is 0 Å². The minimum atomic E-state index is -0.410. The van der Waals surface area contributed by atoms with Crippen molar-refractivity contribution in [3.63, 3.8) is 0 Å². The van der Waals surface area contributed by atoms with Crippen molar-refractivity contribution in [1.82, 2.24) is 20.1 Å². The molecule has 2 N–H and O–H groups in total. The molecule has 0 unspecified atom stereocenters. The van der Waals surface area contributed by atoms with E-state index in [2.05, 4.69) is 27.5 Å². The molecule has 0 atom stereocenters. The lowest BCUT2D eigenvalue weighted by atomic mass is 10.1. The summed E-state index contributed by atoms with van der Waals surface area (Å²) in [5, 5.41) is 7.99. The van der Waals surface area contributed by atoms with Gasteiger partial charge in [0.15, 0.2) is 5.43 Å². The van der Waals surface area contributed by atoms with Gasteiger partial charge in [0.25, 0.3) is 0 Å². The maximum absolute atomic E-state index is 13.3. The van der Waals surface area contributed by atoms with Gasteiger partial charge in [0.1, 0.15) is 5.82 Å². The fourth-order valence-corrected chi connectivity index (χ4v) is 3.15. The summed E-state index contributed by atoms with van der Waals surface area (Å²) >= 11 is 0. The Balaban J connectivity index is 1.47. The molecular formula is C21H19FN4O. The van der Waals surface area contributed by atoms with Crippen LogP contribution in [0.5, 0.6) is 0 Å². The molecule has 4 aromatic rings. The van der Waals surface area contributed by atoms with Gasteiger partial charge in [-0.25, -0.2) is 4.39 Å². The average molecular weight is 362 g/mol. The first kappa shape index (κ1) is 17.2. The van der Waals surface area contributed by atoms with Crippen LogP contribution in [0, 0.1) is 5.82 Å². The maximum Gasteiger partial charge on any atom is 0.189 e. The molecule has 136 valence electrons. The molecule has 27 heavy (non-hydrogen) atoms. The molecule has 0 fully saturated rings. The molecule has 0 spiro atoms. The zero-order chi connectivity index (χ0) is 18.6. The maximum atomic E-state index is 13.3. The molecule has 5 nitrogen and oxygen atoms in total. The van der Waals surface area contributed by atoms with E-state index in [4.69, 9.17) is 0 Å². The molecule has 6 heteroatoms. The van der Waals surface area contributed by atoms with E-state index in [1.807, 2.05) is 29.1 Å². The first-order valence-corrected chi connectivity index (χ1v) is 8.75. The van der Waals surface area contributed by atoms with Crippen LogP contribution in [0.2, 0.25) is 0 Å². The highest BCUT2D eigenvalue weighted by Gasteiger charge is 2.06. The second-order valence-electron chi connectivity index (χ2n) is 6.42. The Hall–Kier alpha value is -3.25. The molecule has 0 bridgehead atoms. The number of hydrogen-bond acceptors (Lipinski definition) is 3. The summed E-state index contributed by atoms with van der Waals surface area (Å²) in [4.78, 5) is 15.4. The van der Waals surface area contributed by atoms with E-state index < -0.39 is 5.82 Å². The van der Waals surface area contributed by atoms with E-state index in [-0.39, 0.29) is 5.43 Å². The Morgan fingerprint density at radius 3 is 2.70 bits per heavy atom. The molecule has 0 aliphatic carbocycles. The summed E-state index contributed by atoms with van der Waals surface area (Å²) in [6.07, 6.45) is 3.70. The predicted octanol–water partition coefficient (Wildman–Crippen LogP) is 3.20. The molecule has 0 radical (unpaired) electrons. The van der Waals surface area contributed by atoms with Crippen LogP contribution in [0.25, 0.3) is 10.9 Å². The van der Waals surface area contributed by atoms with E-state index in [0.717, 1.165) is 5.69 Å². The smallest absolute Gasteiger partial charge is 0.189 e. The molecule has 0 saturated carbocycles. The molecule has 4 rings (SSSR count). The third-order valence-electron chi connectivity index (χ3n) is 4.49. The second-order valence-corrected chi connectivity index (χ2v) is 6.42. The Morgan fingerprint density at radius 2 is 1.89 bits per heavy atom. The summed E-state index contributed by atoms with van der Waals surface area (Å²) in [6, 6.07) is 15.8. The number of aromatic nitrogens is 3. The third kappa shape index (κ3) is 3.96. The standard InChI is InChI=1S/C21H19FN4O/c22-17-6-7-20-19(10-17)21(27)11-18(25-20)13-23-12-15-4-1-2-5-16(15)14-26-9-3-8-24-26/h1-11,23H,12-14H2,(H,25,27). The highest BCUT2D eigenvalue weighted by Crippen LogP contribution is 2.12. The molecule has 0 aliphatic rings. The summed E-state index contributed by atoms with van der Waals surface area (Å²) in [6.45, 7) is 1.89. The van der Waals surface area contributed by atoms with Crippen LogP contribution in [-0.4, -0.2) is 14.8 Å². The zero-order valence-electron chi connectivity index (χ0n) is 14.7. The van der Waals surface area contributed by atoms with Crippen molar-refractivity contribution in [3.05, 3.63) is 99.9 Å². The van der Waals surface area contributed by atoms with Gasteiger partial charge in [0.2, 0.25) is 0 Å². The fraction of sp³-hybridized carbons (Fsp3) is 0.143. The zero-order valence-corrected chi connectivity index (χ0v) is 14.7. The minimum Gasteiger partial charge on any atom is -0.357 e. The molecule has 2 aromatic carbocycles. The first-order chi connectivity index (χ1) is 13.2. The second kappa shape index (κ2) is 7.55. The van der Waals surface area contributed by atoms with E-state index in [1.165, 1.54) is 29.3 Å². The summed E-state index contributed by atoms with van der Waals surface area (Å²) in [7, 11) is 0. The van der Waals surface area contributed by atoms with E-state index in [9.17, 15) is 9.18 Å². The van der Waals surface area contributed by atoms with Crippen molar-refractivity contribution in [2.24, 2.45) is 0 Å². The van der Waals surface area contributed by atoms with E-state index in [1.54, 1.807) is 12.3 Å². The number of fused-ring (bicyclic) bond motifs is 1. The van der Waals surface area contributed by atoms with Crippen molar-refractivity contribution < 1.29 is 4.39 Å². The summed E-state index contributed by atoms with van der Waals surface area (Å²) < 4.78 is 15.2. The number of rotatable bonds is 6. The highest BCUT2D eigenvalue weighted by atomic mass is 19.1. The molecule has 0 saturated heterocycles. The molecule has 0 aliphatic heterocycles. The lowest BCUT2D eigenvalue weighted by molar-refractivity contribution is 0.629. The first-order valence-electron chi connectivity index (χ1n) is 8.75. The molecular weight excluding hydrogens is 343 g/mol. The predicted molar refractivity (Wildman–Crippen MR) is 103 cm³/mol. The topological polar surface area (TPSA) is 62.7 Å². The number of pyridine rings is 1. The van der Waals surface area contributed by atoms with Crippen molar-refractivity contribution in [2.75, 3.05) is 0 Å². The van der Waals surface area contributed by atoms with Gasteiger partial charge >= 0.3 is 0 Å². The fourth-order valence-electron chi connectivity index (χ4n) is 3.15. The van der Waals surface area contributed by atoms with Gasteiger partial charge in [-0.15, -0.1) is 0 Å². The monoisotopic (exact) mass is 362 g/mol. The number of nitrogens with zero attached hydrogens (tertiary/aromatic N) is 2. The number of aromatic amines is 1. The van der Waals surface area contributed by atoms with Crippen molar-refractivity contribution in [1.29, 1.82) is 0 Å². The van der Waals surface area contributed by atoms with Crippen LogP contribution < -0.4 is 10.7 Å². The lowest BCUT2D eigenvalue weighted by Crippen LogP contribution is -2.17. The summed E-state index contributed by atoms with van der Waals surface area (Å²) in [5.41, 5.74) is 3.59. The van der Waals surface area contributed by atoms with Crippen LogP contribution >= 0.6 is 0 Å². The largest absolute Gasteiger partial charge is 0.357 e. The van der Waals surface area contributed by atoms with Crippen LogP contribution in [0.4, 0.5) is 4.39 Å². The number of benzene rings is 2. The Kier molecular flexibility index (Phi) is 4.80. The van der Waals surface area contributed by atoms with Gasteiger partial charge in [-0.1, -0.05) is 24.3 Å². The highest BCUT2D eigenvalue weighted by molar-refractivity contribution is 5.78.